The van der Waals surface area contributed by atoms with E-state index in [1.165, 1.54) is 12.1 Å². The van der Waals surface area contributed by atoms with Gasteiger partial charge in [-0.2, -0.15) is 0 Å². The summed E-state index contributed by atoms with van der Waals surface area (Å²) in [7, 11) is 0. The van der Waals surface area contributed by atoms with Gasteiger partial charge in [0.25, 0.3) is 0 Å². The van der Waals surface area contributed by atoms with E-state index in [1.54, 1.807) is 12.3 Å². The van der Waals surface area contributed by atoms with Gasteiger partial charge >= 0.3 is 0 Å². The van der Waals surface area contributed by atoms with Crippen LogP contribution in [0.2, 0.25) is 0 Å². The maximum Gasteiger partial charge on any atom is 0.132 e. The third-order valence-electron chi connectivity index (χ3n) is 3.21. The zero-order chi connectivity index (χ0) is 14.8. The van der Waals surface area contributed by atoms with Crippen LogP contribution in [-0.2, 0) is 0 Å². The number of aromatic nitrogens is 1. The van der Waals surface area contributed by atoms with Crippen LogP contribution >= 0.6 is 0 Å². The second-order valence-electron chi connectivity index (χ2n) is 4.62. The molecular formula is C17H13NO3. The minimum Gasteiger partial charge on any atom is -0.508 e. The summed E-state index contributed by atoms with van der Waals surface area (Å²) in [6, 6.07) is 15.6. The Bertz CT molecular complexity index is 762. The largest absolute Gasteiger partial charge is 0.508 e. The lowest BCUT2D eigenvalue weighted by Crippen LogP contribution is -1.90. The summed E-state index contributed by atoms with van der Waals surface area (Å²) in [5, 5.41) is 29.5. The highest BCUT2D eigenvalue weighted by Gasteiger charge is 2.17. The van der Waals surface area contributed by atoms with Gasteiger partial charge in [-0.05, 0) is 11.6 Å². The monoisotopic (exact) mass is 279 g/mol. The highest BCUT2D eigenvalue weighted by atomic mass is 16.3. The summed E-state index contributed by atoms with van der Waals surface area (Å²) in [6.45, 7) is 0. The normalized spacial score (nSPS) is 10.5. The predicted octanol–water partition coefficient (Wildman–Crippen LogP) is 3.53. The van der Waals surface area contributed by atoms with E-state index in [9.17, 15) is 15.3 Å². The maximum atomic E-state index is 10.0. The smallest absolute Gasteiger partial charge is 0.132 e. The van der Waals surface area contributed by atoms with E-state index in [0.717, 1.165) is 11.1 Å². The molecule has 0 amide bonds. The number of nitrogens with zero attached hydrogens (tertiary/aromatic N) is 1. The highest BCUT2D eigenvalue weighted by molar-refractivity contribution is 5.86. The van der Waals surface area contributed by atoms with E-state index >= 15 is 0 Å². The maximum absolute atomic E-state index is 10.0. The molecule has 4 nitrogen and oxygen atoms in total. The summed E-state index contributed by atoms with van der Waals surface area (Å²) in [6.07, 6.45) is 1.59. The number of rotatable bonds is 2. The first kappa shape index (κ1) is 13.0. The van der Waals surface area contributed by atoms with Crippen LogP contribution in [0.5, 0.6) is 17.2 Å². The van der Waals surface area contributed by atoms with Crippen molar-refractivity contribution in [3.05, 3.63) is 60.8 Å². The van der Waals surface area contributed by atoms with Crippen LogP contribution in [0.1, 0.15) is 0 Å². The van der Waals surface area contributed by atoms with Gasteiger partial charge in [0.2, 0.25) is 0 Å². The predicted molar refractivity (Wildman–Crippen MR) is 80.1 cm³/mol. The summed E-state index contributed by atoms with van der Waals surface area (Å²) >= 11 is 0. The average Bonchev–Trinajstić information content (AvgIpc) is 2.48. The molecule has 0 atom stereocenters. The summed E-state index contributed by atoms with van der Waals surface area (Å²) in [5.41, 5.74) is 2.37. The zero-order valence-electron chi connectivity index (χ0n) is 11.1. The van der Waals surface area contributed by atoms with Gasteiger partial charge in [-0.15, -0.1) is 0 Å². The van der Waals surface area contributed by atoms with E-state index < -0.39 is 0 Å². The molecule has 0 bridgehead atoms. The molecule has 4 heteroatoms. The van der Waals surface area contributed by atoms with Crippen molar-refractivity contribution in [2.75, 3.05) is 0 Å². The van der Waals surface area contributed by atoms with Gasteiger partial charge in [-0.1, -0.05) is 36.4 Å². The molecule has 21 heavy (non-hydrogen) atoms. The van der Waals surface area contributed by atoms with Gasteiger partial charge in [0.1, 0.15) is 17.2 Å². The molecule has 3 rings (SSSR count). The van der Waals surface area contributed by atoms with Crippen LogP contribution in [0, 0.1) is 0 Å². The van der Waals surface area contributed by atoms with Crippen molar-refractivity contribution in [3.63, 3.8) is 0 Å². The Morgan fingerprint density at radius 3 is 2.10 bits per heavy atom. The third-order valence-corrected chi connectivity index (χ3v) is 3.21. The van der Waals surface area contributed by atoms with Crippen molar-refractivity contribution in [2.24, 2.45) is 0 Å². The number of aromatic hydroxyl groups is 3. The molecule has 0 aliphatic carbocycles. The van der Waals surface area contributed by atoms with E-state index in [1.807, 2.05) is 36.4 Å². The fourth-order valence-electron chi connectivity index (χ4n) is 2.30. The first-order valence-corrected chi connectivity index (χ1v) is 6.42. The van der Waals surface area contributed by atoms with Crippen molar-refractivity contribution < 1.29 is 15.3 Å². The minimum atomic E-state index is -0.219. The number of hydrogen-bond donors (Lipinski definition) is 3. The van der Waals surface area contributed by atoms with Gasteiger partial charge < -0.3 is 15.3 Å². The molecule has 0 fully saturated rings. The van der Waals surface area contributed by atoms with Crippen molar-refractivity contribution >= 4 is 0 Å². The molecule has 3 aromatic rings. The topological polar surface area (TPSA) is 73.6 Å². The van der Waals surface area contributed by atoms with Crippen molar-refractivity contribution in [1.82, 2.24) is 4.98 Å². The molecule has 1 heterocycles. The lowest BCUT2D eigenvalue weighted by molar-refractivity contribution is 0.430. The molecule has 0 saturated carbocycles. The SMILES string of the molecule is Oc1cc(O)c(-c2ncccc2-c2ccccc2)c(O)c1. The van der Waals surface area contributed by atoms with Crippen LogP contribution in [0.4, 0.5) is 0 Å². The van der Waals surface area contributed by atoms with E-state index in [2.05, 4.69) is 4.98 Å². The first-order chi connectivity index (χ1) is 10.2. The molecule has 0 aliphatic rings. The second-order valence-corrected chi connectivity index (χ2v) is 4.62. The molecule has 0 saturated heterocycles. The lowest BCUT2D eigenvalue weighted by Gasteiger charge is -2.12. The van der Waals surface area contributed by atoms with Crippen LogP contribution in [-0.4, -0.2) is 20.3 Å². The number of phenols is 3. The molecule has 0 unspecified atom stereocenters. The Labute approximate surface area is 121 Å². The van der Waals surface area contributed by atoms with Crippen LogP contribution < -0.4 is 0 Å². The van der Waals surface area contributed by atoms with E-state index in [4.69, 9.17) is 0 Å². The van der Waals surface area contributed by atoms with Crippen LogP contribution in [0.15, 0.2) is 60.8 Å². The van der Waals surface area contributed by atoms with E-state index in [-0.39, 0.29) is 22.8 Å². The average molecular weight is 279 g/mol. The molecular weight excluding hydrogens is 266 g/mol. The number of pyridine rings is 1. The van der Waals surface area contributed by atoms with Gasteiger partial charge in [-0.25, -0.2) is 0 Å². The van der Waals surface area contributed by atoms with Crippen molar-refractivity contribution in [1.29, 1.82) is 0 Å². The second kappa shape index (κ2) is 5.17. The molecule has 0 aliphatic heterocycles. The fourth-order valence-corrected chi connectivity index (χ4v) is 2.30. The lowest BCUT2D eigenvalue weighted by atomic mass is 9.98. The summed E-state index contributed by atoms with van der Waals surface area (Å²) < 4.78 is 0. The van der Waals surface area contributed by atoms with Gasteiger partial charge in [0.05, 0.1) is 11.3 Å². The first-order valence-electron chi connectivity index (χ1n) is 6.42. The quantitative estimate of drug-likeness (QED) is 0.671. The molecule has 3 N–H and O–H groups in total. The molecule has 1 aromatic heterocycles. The Morgan fingerprint density at radius 2 is 1.43 bits per heavy atom. The van der Waals surface area contributed by atoms with Crippen molar-refractivity contribution in [2.45, 2.75) is 0 Å². The molecule has 0 spiro atoms. The Balaban J connectivity index is 2.26. The van der Waals surface area contributed by atoms with Gasteiger partial charge in [-0.3, -0.25) is 4.98 Å². The number of phenolic OH excluding ortho intramolecular Hbond substituents is 3. The fraction of sp³-hybridized carbons (Fsp3) is 0. The minimum absolute atomic E-state index is 0.201. The van der Waals surface area contributed by atoms with Gasteiger partial charge in [0.15, 0.2) is 0 Å². The molecule has 0 radical (unpaired) electrons. The summed E-state index contributed by atoms with van der Waals surface area (Å²) in [4.78, 5) is 4.28. The van der Waals surface area contributed by atoms with Crippen LogP contribution in [0.25, 0.3) is 22.4 Å². The standard InChI is InChI=1S/C17H13NO3/c19-12-9-14(20)16(15(21)10-12)17-13(7-4-8-18-17)11-5-2-1-3-6-11/h1-10,19-21H. The number of hydrogen-bond acceptors (Lipinski definition) is 4. The highest BCUT2D eigenvalue weighted by Crippen LogP contribution is 2.42. The van der Waals surface area contributed by atoms with Crippen LogP contribution in [0.3, 0.4) is 0 Å². The third kappa shape index (κ3) is 2.39. The summed E-state index contributed by atoms with van der Waals surface area (Å²) in [5.74, 6) is -0.641. The van der Waals surface area contributed by atoms with Crippen molar-refractivity contribution in [3.8, 4) is 39.6 Å². The Kier molecular flexibility index (Phi) is 3.20. The Hall–Kier alpha value is -3.01. The number of benzene rings is 2. The van der Waals surface area contributed by atoms with Gasteiger partial charge in [0, 0.05) is 23.9 Å². The van der Waals surface area contributed by atoms with E-state index in [0.29, 0.717) is 5.69 Å². The zero-order valence-corrected chi connectivity index (χ0v) is 11.1. The molecule has 2 aromatic carbocycles. The molecule has 104 valence electrons. The Morgan fingerprint density at radius 1 is 0.762 bits per heavy atom.